The van der Waals surface area contributed by atoms with E-state index in [2.05, 4.69) is 0 Å². The van der Waals surface area contributed by atoms with Gasteiger partial charge in [0.15, 0.2) is 0 Å². The minimum Gasteiger partial charge on any atom is -0.389 e. The Labute approximate surface area is 132 Å². The van der Waals surface area contributed by atoms with Gasteiger partial charge >= 0.3 is 0 Å². The fourth-order valence-corrected chi connectivity index (χ4v) is 3.59. The summed E-state index contributed by atoms with van der Waals surface area (Å²) in [6, 6.07) is 16.5. The number of benzene rings is 2. The van der Waals surface area contributed by atoms with Gasteiger partial charge in [0.1, 0.15) is 0 Å². The van der Waals surface area contributed by atoms with E-state index < -0.39 is 15.6 Å². The molecule has 2 rings (SSSR count). The van der Waals surface area contributed by atoms with E-state index in [9.17, 15) is 13.5 Å². The lowest BCUT2D eigenvalue weighted by Crippen LogP contribution is -2.39. The van der Waals surface area contributed by atoms with Gasteiger partial charge in [-0.25, -0.2) is 8.42 Å². The maximum Gasteiger partial charge on any atom is 0.242 e. The first-order valence-electron chi connectivity index (χ1n) is 7.04. The van der Waals surface area contributed by atoms with Gasteiger partial charge in [0.2, 0.25) is 10.0 Å². The lowest BCUT2D eigenvalue weighted by atomic mass is 10.1. The highest BCUT2D eigenvalue weighted by Gasteiger charge is 2.26. The largest absolute Gasteiger partial charge is 0.389 e. The Morgan fingerprint density at radius 3 is 1.95 bits per heavy atom. The molecule has 0 aliphatic rings. The summed E-state index contributed by atoms with van der Waals surface area (Å²) in [5.74, 6) is 0. The second-order valence-electron chi connectivity index (χ2n) is 5.96. The van der Waals surface area contributed by atoms with Crippen molar-refractivity contribution in [3.05, 3.63) is 54.6 Å². The first-order chi connectivity index (χ1) is 10.2. The molecule has 22 heavy (non-hydrogen) atoms. The number of rotatable bonds is 5. The van der Waals surface area contributed by atoms with Gasteiger partial charge in [-0.1, -0.05) is 42.5 Å². The molecular weight excluding hydrogens is 298 g/mol. The SMILES string of the molecule is CN(CC(C)(C)O)S(=O)(=O)c1ccc(-c2ccccc2)cc1. The van der Waals surface area contributed by atoms with Crippen LogP contribution in [0.25, 0.3) is 11.1 Å². The van der Waals surface area contributed by atoms with Crippen molar-refractivity contribution in [2.75, 3.05) is 13.6 Å². The predicted octanol–water partition coefficient (Wildman–Crippen LogP) is 2.75. The first-order valence-corrected chi connectivity index (χ1v) is 8.48. The van der Waals surface area contributed by atoms with Crippen molar-refractivity contribution in [3.8, 4) is 11.1 Å². The highest BCUT2D eigenvalue weighted by Crippen LogP contribution is 2.23. The third-order valence-corrected chi connectivity index (χ3v) is 5.10. The van der Waals surface area contributed by atoms with E-state index in [1.165, 1.54) is 11.4 Å². The molecule has 0 saturated heterocycles. The fraction of sp³-hybridized carbons (Fsp3) is 0.294. The topological polar surface area (TPSA) is 57.6 Å². The highest BCUT2D eigenvalue weighted by molar-refractivity contribution is 7.89. The molecule has 2 aromatic carbocycles. The Kier molecular flexibility index (Phi) is 4.70. The van der Waals surface area contributed by atoms with Crippen LogP contribution in [-0.4, -0.2) is 37.0 Å². The zero-order chi connectivity index (χ0) is 16.4. The summed E-state index contributed by atoms with van der Waals surface area (Å²) in [5, 5.41) is 9.78. The molecular formula is C17H21NO3S. The summed E-state index contributed by atoms with van der Waals surface area (Å²) in [5.41, 5.74) is 0.923. The van der Waals surface area contributed by atoms with E-state index in [4.69, 9.17) is 0 Å². The number of hydrogen-bond acceptors (Lipinski definition) is 3. The first kappa shape index (κ1) is 16.7. The van der Waals surface area contributed by atoms with Crippen molar-refractivity contribution in [3.63, 3.8) is 0 Å². The molecule has 0 aliphatic carbocycles. The van der Waals surface area contributed by atoms with Crippen LogP contribution in [0, 0.1) is 0 Å². The molecule has 0 unspecified atom stereocenters. The zero-order valence-corrected chi connectivity index (χ0v) is 13.8. The van der Waals surface area contributed by atoms with E-state index in [1.807, 2.05) is 30.3 Å². The molecule has 0 saturated carbocycles. The van der Waals surface area contributed by atoms with Gasteiger partial charge in [-0.15, -0.1) is 0 Å². The molecule has 1 N–H and O–H groups in total. The van der Waals surface area contributed by atoms with Crippen molar-refractivity contribution >= 4 is 10.0 Å². The normalized spacial score (nSPS) is 12.6. The maximum atomic E-state index is 12.5. The molecule has 0 fully saturated rings. The second kappa shape index (κ2) is 6.20. The van der Waals surface area contributed by atoms with Crippen molar-refractivity contribution in [1.82, 2.24) is 4.31 Å². The van der Waals surface area contributed by atoms with E-state index >= 15 is 0 Å². The quantitative estimate of drug-likeness (QED) is 0.922. The van der Waals surface area contributed by atoms with Crippen molar-refractivity contribution in [2.45, 2.75) is 24.3 Å². The number of nitrogens with zero attached hydrogens (tertiary/aromatic N) is 1. The summed E-state index contributed by atoms with van der Waals surface area (Å²) in [6.45, 7) is 3.20. The van der Waals surface area contributed by atoms with E-state index in [0.717, 1.165) is 11.1 Å². The Morgan fingerprint density at radius 1 is 0.955 bits per heavy atom. The standard InChI is InChI=1S/C17H21NO3S/c1-17(2,19)13-18(3)22(20,21)16-11-9-15(10-12-16)14-7-5-4-6-8-14/h4-12,19H,13H2,1-3H3. The predicted molar refractivity (Wildman–Crippen MR) is 88.0 cm³/mol. The van der Waals surface area contributed by atoms with Crippen molar-refractivity contribution in [1.29, 1.82) is 0 Å². The van der Waals surface area contributed by atoms with Crippen LogP contribution < -0.4 is 0 Å². The van der Waals surface area contributed by atoms with Gasteiger partial charge in [-0.2, -0.15) is 4.31 Å². The Hall–Kier alpha value is -1.69. The van der Waals surface area contributed by atoms with E-state index in [-0.39, 0.29) is 11.4 Å². The average Bonchev–Trinajstić information content (AvgIpc) is 2.46. The molecule has 0 spiro atoms. The third-order valence-electron chi connectivity index (χ3n) is 3.28. The van der Waals surface area contributed by atoms with Gasteiger partial charge < -0.3 is 5.11 Å². The molecule has 0 aromatic heterocycles. The third kappa shape index (κ3) is 3.94. The Balaban J connectivity index is 2.26. The summed E-state index contributed by atoms with van der Waals surface area (Å²) in [7, 11) is -2.13. The van der Waals surface area contributed by atoms with Crippen LogP contribution in [0.2, 0.25) is 0 Å². The van der Waals surface area contributed by atoms with Gasteiger partial charge in [0.25, 0.3) is 0 Å². The molecule has 4 nitrogen and oxygen atoms in total. The maximum absolute atomic E-state index is 12.5. The van der Waals surface area contributed by atoms with Gasteiger partial charge in [0.05, 0.1) is 10.5 Å². The minimum atomic E-state index is -3.60. The lowest BCUT2D eigenvalue weighted by Gasteiger charge is -2.25. The summed E-state index contributed by atoms with van der Waals surface area (Å²) in [6.07, 6.45) is 0. The monoisotopic (exact) mass is 319 g/mol. The van der Waals surface area contributed by atoms with Crippen LogP contribution in [0.4, 0.5) is 0 Å². The van der Waals surface area contributed by atoms with Crippen LogP contribution in [0.1, 0.15) is 13.8 Å². The van der Waals surface area contributed by atoms with Crippen LogP contribution in [0.3, 0.4) is 0 Å². The molecule has 2 aromatic rings. The molecule has 5 heteroatoms. The summed E-state index contributed by atoms with van der Waals surface area (Å²) in [4.78, 5) is 0.221. The molecule has 118 valence electrons. The molecule has 0 aliphatic heterocycles. The van der Waals surface area contributed by atoms with Crippen LogP contribution in [-0.2, 0) is 10.0 Å². The average molecular weight is 319 g/mol. The fourth-order valence-electron chi connectivity index (χ4n) is 2.26. The molecule has 0 heterocycles. The number of likely N-dealkylation sites (N-methyl/N-ethyl adjacent to an activating group) is 1. The van der Waals surface area contributed by atoms with Crippen molar-refractivity contribution < 1.29 is 13.5 Å². The smallest absolute Gasteiger partial charge is 0.242 e. The van der Waals surface area contributed by atoms with Crippen LogP contribution >= 0.6 is 0 Å². The summed E-state index contributed by atoms with van der Waals surface area (Å²) < 4.78 is 26.1. The van der Waals surface area contributed by atoms with Crippen molar-refractivity contribution in [2.24, 2.45) is 0 Å². The van der Waals surface area contributed by atoms with Crippen LogP contribution in [0.5, 0.6) is 0 Å². The molecule has 0 bridgehead atoms. The highest BCUT2D eigenvalue weighted by atomic mass is 32.2. The number of sulfonamides is 1. The number of hydrogen-bond donors (Lipinski definition) is 1. The van der Waals surface area contributed by atoms with Gasteiger partial charge in [-0.3, -0.25) is 0 Å². The van der Waals surface area contributed by atoms with E-state index in [0.29, 0.717) is 0 Å². The summed E-state index contributed by atoms with van der Waals surface area (Å²) >= 11 is 0. The minimum absolute atomic E-state index is 0.0375. The van der Waals surface area contributed by atoms with Gasteiger partial charge in [-0.05, 0) is 37.1 Å². The second-order valence-corrected chi connectivity index (χ2v) is 8.01. The molecule has 0 amide bonds. The lowest BCUT2D eigenvalue weighted by molar-refractivity contribution is 0.0640. The Bertz CT molecular complexity index is 717. The zero-order valence-electron chi connectivity index (χ0n) is 13.0. The van der Waals surface area contributed by atoms with Gasteiger partial charge in [0, 0.05) is 13.6 Å². The van der Waals surface area contributed by atoms with E-state index in [1.54, 1.807) is 38.1 Å². The number of aliphatic hydroxyl groups is 1. The van der Waals surface area contributed by atoms with Crippen LogP contribution in [0.15, 0.2) is 59.5 Å². The Morgan fingerprint density at radius 2 is 1.45 bits per heavy atom. The molecule has 0 atom stereocenters. The molecule has 0 radical (unpaired) electrons.